The molecule has 0 spiro atoms. The minimum atomic E-state index is 0.676. The van der Waals surface area contributed by atoms with E-state index in [1.54, 1.807) is 0 Å². The zero-order chi connectivity index (χ0) is 6.57. The Hall–Kier alpha value is -0.330. The van der Waals surface area contributed by atoms with Gasteiger partial charge in [-0.1, -0.05) is 13.8 Å². The van der Waals surface area contributed by atoms with Crippen LogP contribution in [0.3, 0.4) is 0 Å². The van der Waals surface area contributed by atoms with Crippen molar-refractivity contribution in [3.63, 3.8) is 0 Å². The molecule has 48 valence electrons. The van der Waals surface area contributed by atoms with Crippen LogP contribution in [0.4, 0.5) is 0 Å². The Labute approximate surface area is 52.0 Å². The molecule has 0 radical (unpaired) electrons. The molecule has 0 saturated carbocycles. The van der Waals surface area contributed by atoms with Gasteiger partial charge >= 0.3 is 0 Å². The van der Waals surface area contributed by atoms with Crippen LogP contribution in [-0.2, 0) is 0 Å². The molecule has 0 aliphatic carbocycles. The molecule has 0 bridgehead atoms. The van der Waals surface area contributed by atoms with Crippen molar-refractivity contribution in [1.29, 1.82) is 0 Å². The van der Waals surface area contributed by atoms with Crippen LogP contribution in [0.25, 0.3) is 0 Å². The number of hydrogen-bond acceptors (Lipinski definition) is 0. The summed E-state index contributed by atoms with van der Waals surface area (Å²) < 4.78 is 2.03. The van der Waals surface area contributed by atoms with Crippen molar-refractivity contribution in [3.8, 4) is 0 Å². The Balaban J connectivity index is 3.52. The van der Waals surface area contributed by atoms with E-state index in [4.69, 9.17) is 0 Å². The fourth-order valence-corrected chi connectivity index (χ4v) is 0.912. The van der Waals surface area contributed by atoms with E-state index in [1.165, 1.54) is 12.8 Å². The first-order valence-corrected chi connectivity index (χ1v) is 3.25. The number of nitrogens with zero attached hydrogens (tertiary/aromatic N) is 1. The van der Waals surface area contributed by atoms with E-state index in [1.807, 2.05) is 11.6 Å². The second kappa shape index (κ2) is 3.65. The van der Waals surface area contributed by atoms with Gasteiger partial charge in [0.15, 0.2) is 6.04 Å². The van der Waals surface area contributed by atoms with Gasteiger partial charge in [0.05, 0.1) is 0 Å². The molecular formula is C7H16N+. The maximum absolute atomic E-state index is 3.81. The van der Waals surface area contributed by atoms with Crippen LogP contribution in [0.1, 0.15) is 26.7 Å². The summed E-state index contributed by atoms with van der Waals surface area (Å²) in [4.78, 5) is 0. The zero-order valence-electron chi connectivity index (χ0n) is 6.15. The van der Waals surface area contributed by atoms with Gasteiger partial charge < -0.3 is 0 Å². The van der Waals surface area contributed by atoms with Crippen LogP contribution in [0, 0.1) is 0 Å². The van der Waals surface area contributed by atoms with Gasteiger partial charge in [0, 0.05) is 12.8 Å². The third-order valence-corrected chi connectivity index (χ3v) is 1.57. The smallest absolute Gasteiger partial charge is 0.151 e. The molecule has 0 N–H and O–H groups in total. The first-order valence-electron chi connectivity index (χ1n) is 3.25. The van der Waals surface area contributed by atoms with E-state index in [9.17, 15) is 0 Å². The number of rotatable bonds is 3. The molecule has 0 aromatic carbocycles. The second-order valence-electron chi connectivity index (χ2n) is 2.23. The summed E-state index contributed by atoms with van der Waals surface area (Å²) in [7, 11) is 2.03. The van der Waals surface area contributed by atoms with E-state index in [-0.39, 0.29) is 0 Å². The summed E-state index contributed by atoms with van der Waals surface area (Å²) in [6.07, 6.45) is 2.41. The van der Waals surface area contributed by atoms with E-state index in [0.717, 1.165) is 0 Å². The molecule has 1 heteroatoms. The summed E-state index contributed by atoms with van der Waals surface area (Å²) in [6, 6.07) is 0.676. The Morgan fingerprint density at radius 3 is 1.75 bits per heavy atom. The van der Waals surface area contributed by atoms with E-state index in [2.05, 4.69) is 20.6 Å². The summed E-state index contributed by atoms with van der Waals surface area (Å²) in [6.45, 7) is 8.19. The molecule has 0 aromatic rings. The third-order valence-electron chi connectivity index (χ3n) is 1.57. The first kappa shape index (κ1) is 7.67. The highest BCUT2D eigenvalue weighted by Crippen LogP contribution is 1.97. The summed E-state index contributed by atoms with van der Waals surface area (Å²) in [5.74, 6) is 0. The van der Waals surface area contributed by atoms with Crippen molar-refractivity contribution < 1.29 is 4.58 Å². The van der Waals surface area contributed by atoms with Gasteiger partial charge in [-0.05, 0) is 0 Å². The molecule has 0 rings (SSSR count). The van der Waals surface area contributed by atoms with Crippen LogP contribution in [0.5, 0.6) is 0 Å². The van der Waals surface area contributed by atoms with Crippen molar-refractivity contribution in [2.45, 2.75) is 32.7 Å². The molecule has 0 saturated heterocycles. The Morgan fingerprint density at radius 1 is 1.38 bits per heavy atom. The molecular weight excluding hydrogens is 98.1 g/mol. The largest absolute Gasteiger partial charge is 0.242 e. The third kappa shape index (κ3) is 2.10. The second-order valence-corrected chi connectivity index (χ2v) is 2.23. The molecule has 0 unspecified atom stereocenters. The van der Waals surface area contributed by atoms with Crippen molar-refractivity contribution in [3.05, 3.63) is 0 Å². The van der Waals surface area contributed by atoms with Crippen molar-refractivity contribution in [1.82, 2.24) is 0 Å². The van der Waals surface area contributed by atoms with Crippen molar-refractivity contribution in [2.24, 2.45) is 0 Å². The molecule has 0 amide bonds. The fourth-order valence-electron chi connectivity index (χ4n) is 0.912. The topological polar surface area (TPSA) is 3.01 Å². The highest BCUT2D eigenvalue weighted by Gasteiger charge is 2.07. The SMILES string of the molecule is C=[N+](C)C(CC)CC. The average molecular weight is 114 g/mol. The molecule has 0 aliphatic heterocycles. The summed E-state index contributed by atoms with van der Waals surface area (Å²) in [5.41, 5.74) is 0. The van der Waals surface area contributed by atoms with Crippen LogP contribution >= 0.6 is 0 Å². The summed E-state index contributed by atoms with van der Waals surface area (Å²) in [5, 5.41) is 0. The maximum atomic E-state index is 3.81. The lowest BCUT2D eigenvalue weighted by atomic mass is 10.2. The molecule has 0 fully saturated rings. The van der Waals surface area contributed by atoms with E-state index < -0.39 is 0 Å². The first-order chi connectivity index (χ1) is 3.72. The van der Waals surface area contributed by atoms with Gasteiger partial charge in [-0.3, -0.25) is 0 Å². The molecule has 8 heavy (non-hydrogen) atoms. The van der Waals surface area contributed by atoms with Crippen molar-refractivity contribution >= 4 is 6.72 Å². The molecule has 0 atom stereocenters. The van der Waals surface area contributed by atoms with Crippen molar-refractivity contribution in [2.75, 3.05) is 7.05 Å². The molecule has 0 aromatic heterocycles. The predicted octanol–water partition coefficient (Wildman–Crippen LogP) is 1.52. The Bertz CT molecular complexity index is 72.5. The van der Waals surface area contributed by atoms with Crippen LogP contribution in [-0.4, -0.2) is 24.4 Å². The zero-order valence-corrected chi connectivity index (χ0v) is 6.15. The molecule has 0 aliphatic rings. The van der Waals surface area contributed by atoms with Gasteiger partial charge in [-0.15, -0.1) is 0 Å². The fraction of sp³-hybridized carbons (Fsp3) is 0.857. The molecule has 0 heterocycles. The van der Waals surface area contributed by atoms with Gasteiger partial charge in [-0.25, -0.2) is 4.58 Å². The Kier molecular flexibility index (Phi) is 3.49. The number of hydrogen-bond donors (Lipinski definition) is 0. The van der Waals surface area contributed by atoms with Crippen LogP contribution < -0.4 is 0 Å². The van der Waals surface area contributed by atoms with Gasteiger partial charge in [-0.2, -0.15) is 0 Å². The minimum Gasteiger partial charge on any atom is -0.242 e. The predicted molar refractivity (Wildman–Crippen MR) is 37.7 cm³/mol. The lowest BCUT2D eigenvalue weighted by Crippen LogP contribution is -2.18. The lowest BCUT2D eigenvalue weighted by Gasteiger charge is -2.04. The van der Waals surface area contributed by atoms with E-state index >= 15 is 0 Å². The standard InChI is InChI=1S/C7H16N/c1-5-7(6-2)8(3)4/h7H,3,5-6H2,1-2,4H3/q+1. The maximum Gasteiger partial charge on any atom is 0.151 e. The van der Waals surface area contributed by atoms with Crippen LogP contribution in [0.15, 0.2) is 0 Å². The van der Waals surface area contributed by atoms with E-state index in [0.29, 0.717) is 6.04 Å². The monoisotopic (exact) mass is 114 g/mol. The minimum absolute atomic E-state index is 0.676. The normalized spacial score (nSPS) is 10.0. The Morgan fingerprint density at radius 2 is 1.75 bits per heavy atom. The lowest BCUT2D eigenvalue weighted by molar-refractivity contribution is -0.530. The highest BCUT2D eigenvalue weighted by molar-refractivity contribution is 5.14. The van der Waals surface area contributed by atoms with Gasteiger partial charge in [0.25, 0.3) is 0 Å². The average Bonchev–Trinajstić information content (AvgIpc) is 1.69. The highest BCUT2D eigenvalue weighted by atomic mass is 15.0. The molecule has 1 nitrogen and oxygen atoms in total. The summed E-state index contributed by atoms with van der Waals surface area (Å²) >= 11 is 0. The quantitative estimate of drug-likeness (QED) is 0.386. The van der Waals surface area contributed by atoms with Crippen LogP contribution in [0.2, 0.25) is 0 Å². The van der Waals surface area contributed by atoms with Gasteiger partial charge in [0.2, 0.25) is 0 Å². The van der Waals surface area contributed by atoms with Gasteiger partial charge in [0.1, 0.15) is 13.8 Å².